The lowest BCUT2D eigenvalue weighted by molar-refractivity contribution is 0.338. The first-order chi connectivity index (χ1) is 10.1. The highest BCUT2D eigenvalue weighted by Crippen LogP contribution is 2.32. The predicted octanol–water partition coefficient (Wildman–Crippen LogP) is 5.12. The van der Waals surface area contributed by atoms with Gasteiger partial charge in [0.15, 0.2) is 0 Å². The van der Waals surface area contributed by atoms with Crippen molar-refractivity contribution >= 4 is 27.5 Å². The van der Waals surface area contributed by atoms with E-state index in [1.54, 1.807) is 0 Å². The Labute approximate surface area is 139 Å². The Kier molecular flexibility index (Phi) is 5.68. The van der Waals surface area contributed by atoms with Crippen LogP contribution in [0.25, 0.3) is 0 Å². The number of ether oxygens (including phenoxy) is 1. The van der Waals surface area contributed by atoms with E-state index in [2.05, 4.69) is 40.3 Å². The van der Waals surface area contributed by atoms with E-state index in [4.69, 9.17) is 16.3 Å². The van der Waals surface area contributed by atoms with Crippen molar-refractivity contribution < 1.29 is 4.74 Å². The van der Waals surface area contributed by atoms with Crippen LogP contribution in [0.2, 0.25) is 5.02 Å². The van der Waals surface area contributed by atoms with Crippen molar-refractivity contribution in [2.24, 2.45) is 0 Å². The summed E-state index contributed by atoms with van der Waals surface area (Å²) in [6.07, 6.45) is 0. The Balaban J connectivity index is 2.42. The van der Waals surface area contributed by atoms with Crippen LogP contribution in [0.1, 0.15) is 29.7 Å². The molecule has 2 nitrogen and oxygen atoms in total. The molecule has 0 saturated carbocycles. The molecule has 0 aliphatic carbocycles. The molecular formula is C17H19BrClNO. The standard InChI is InChI=1S/C17H19BrClNO/c1-4-21-16-8-6-12(9-15(16)18)17(20-3)14-10-13(19)7-5-11(14)2/h5-10,17,20H,4H2,1-3H3. The van der Waals surface area contributed by atoms with Gasteiger partial charge in [0.25, 0.3) is 0 Å². The number of halogens is 2. The van der Waals surface area contributed by atoms with Crippen molar-refractivity contribution in [2.45, 2.75) is 19.9 Å². The van der Waals surface area contributed by atoms with Gasteiger partial charge in [-0.3, -0.25) is 0 Å². The highest BCUT2D eigenvalue weighted by atomic mass is 79.9. The van der Waals surface area contributed by atoms with Gasteiger partial charge in [-0.25, -0.2) is 0 Å². The smallest absolute Gasteiger partial charge is 0.133 e. The summed E-state index contributed by atoms with van der Waals surface area (Å²) in [4.78, 5) is 0. The minimum Gasteiger partial charge on any atom is -0.493 e. The second-order valence-electron chi connectivity index (χ2n) is 4.85. The highest BCUT2D eigenvalue weighted by Gasteiger charge is 2.16. The van der Waals surface area contributed by atoms with Gasteiger partial charge in [0.1, 0.15) is 5.75 Å². The van der Waals surface area contributed by atoms with Gasteiger partial charge in [-0.05, 0) is 77.8 Å². The van der Waals surface area contributed by atoms with Gasteiger partial charge in [-0.2, -0.15) is 0 Å². The van der Waals surface area contributed by atoms with Gasteiger partial charge in [-0.1, -0.05) is 23.7 Å². The van der Waals surface area contributed by atoms with E-state index in [0.29, 0.717) is 6.61 Å². The fraction of sp³-hybridized carbons (Fsp3) is 0.294. The predicted molar refractivity (Wildman–Crippen MR) is 92.4 cm³/mol. The summed E-state index contributed by atoms with van der Waals surface area (Å²) < 4.78 is 6.53. The largest absolute Gasteiger partial charge is 0.493 e. The number of benzene rings is 2. The van der Waals surface area contributed by atoms with Crippen LogP contribution < -0.4 is 10.1 Å². The first-order valence-electron chi connectivity index (χ1n) is 6.92. The molecular weight excluding hydrogens is 350 g/mol. The number of hydrogen-bond acceptors (Lipinski definition) is 2. The summed E-state index contributed by atoms with van der Waals surface area (Å²) in [6, 6.07) is 12.2. The summed E-state index contributed by atoms with van der Waals surface area (Å²) in [6.45, 7) is 4.73. The normalized spacial score (nSPS) is 12.2. The van der Waals surface area contributed by atoms with E-state index >= 15 is 0 Å². The van der Waals surface area contributed by atoms with Gasteiger partial charge in [0, 0.05) is 5.02 Å². The molecule has 4 heteroatoms. The van der Waals surface area contributed by atoms with E-state index in [9.17, 15) is 0 Å². The second-order valence-corrected chi connectivity index (χ2v) is 6.14. The zero-order valence-electron chi connectivity index (χ0n) is 12.4. The lowest BCUT2D eigenvalue weighted by Gasteiger charge is -2.20. The average Bonchev–Trinajstić information content (AvgIpc) is 2.46. The molecule has 21 heavy (non-hydrogen) atoms. The second kappa shape index (κ2) is 7.30. The number of nitrogens with one attached hydrogen (secondary N) is 1. The molecule has 2 aromatic carbocycles. The molecule has 2 aromatic rings. The maximum absolute atomic E-state index is 6.15. The molecule has 0 aliphatic heterocycles. The van der Waals surface area contributed by atoms with Crippen molar-refractivity contribution in [2.75, 3.05) is 13.7 Å². The number of hydrogen-bond donors (Lipinski definition) is 1. The van der Waals surface area contributed by atoms with Crippen molar-refractivity contribution in [1.82, 2.24) is 5.32 Å². The minimum atomic E-state index is 0.0932. The van der Waals surface area contributed by atoms with Crippen LogP contribution in [0.15, 0.2) is 40.9 Å². The Morgan fingerprint density at radius 1 is 1.24 bits per heavy atom. The van der Waals surface area contributed by atoms with Crippen molar-refractivity contribution in [3.63, 3.8) is 0 Å². The maximum Gasteiger partial charge on any atom is 0.133 e. The molecule has 0 spiro atoms. The molecule has 1 N–H and O–H groups in total. The summed E-state index contributed by atoms with van der Waals surface area (Å²) >= 11 is 9.72. The zero-order valence-corrected chi connectivity index (χ0v) is 14.8. The summed E-state index contributed by atoms with van der Waals surface area (Å²) in [5.74, 6) is 0.860. The highest BCUT2D eigenvalue weighted by molar-refractivity contribution is 9.10. The molecule has 0 aliphatic rings. The van der Waals surface area contributed by atoms with E-state index in [1.165, 1.54) is 11.1 Å². The van der Waals surface area contributed by atoms with Crippen LogP contribution in [0.5, 0.6) is 5.75 Å². The third kappa shape index (κ3) is 3.79. The van der Waals surface area contributed by atoms with Crippen LogP contribution in [-0.2, 0) is 0 Å². The minimum absolute atomic E-state index is 0.0932. The van der Waals surface area contributed by atoms with Crippen LogP contribution in [-0.4, -0.2) is 13.7 Å². The fourth-order valence-corrected chi connectivity index (χ4v) is 3.08. The average molecular weight is 369 g/mol. The molecule has 0 heterocycles. The monoisotopic (exact) mass is 367 g/mol. The lowest BCUT2D eigenvalue weighted by atomic mass is 9.95. The van der Waals surface area contributed by atoms with E-state index < -0.39 is 0 Å². The summed E-state index contributed by atoms with van der Waals surface area (Å²) in [7, 11) is 1.95. The fourth-order valence-electron chi connectivity index (χ4n) is 2.39. The van der Waals surface area contributed by atoms with Crippen molar-refractivity contribution in [3.8, 4) is 5.75 Å². The van der Waals surface area contributed by atoms with Gasteiger partial charge in [0.2, 0.25) is 0 Å². The van der Waals surface area contributed by atoms with Gasteiger partial charge >= 0.3 is 0 Å². The van der Waals surface area contributed by atoms with Crippen LogP contribution in [0.4, 0.5) is 0 Å². The first-order valence-corrected chi connectivity index (χ1v) is 8.09. The third-order valence-electron chi connectivity index (χ3n) is 3.43. The Morgan fingerprint density at radius 3 is 2.62 bits per heavy atom. The SMILES string of the molecule is CCOc1ccc(C(NC)c2cc(Cl)ccc2C)cc1Br. The molecule has 0 radical (unpaired) electrons. The molecule has 0 saturated heterocycles. The van der Waals surface area contributed by atoms with Gasteiger partial charge < -0.3 is 10.1 Å². The molecule has 1 atom stereocenters. The van der Waals surface area contributed by atoms with Crippen molar-refractivity contribution in [1.29, 1.82) is 0 Å². The number of rotatable bonds is 5. The molecule has 0 fully saturated rings. The third-order valence-corrected chi connectivity index (χ3v) is 4.28. The van der Waals surface area contributed by atoms with E-state index in [1.807, 2.05) is 38.2 Å². The molecule has 0 amide bonds. The Hall–Kier alpha value is -1.03. The van der Waals surface area contributed by atoms with Crippen LogP contribution in [0, 0.1) is 6.92 Å². The zero-order chi connectivity index (χ0) is 15.4. The Morgan fingerprint density at radius 2 is 2.00 bits per heavy atom. The Bertz CT molecular complexity index is 630. The summed E-state index contributed by atoms with van der Waals surface area (Å²) in [5.41, 5.74) is 3.56. The van der Waals surface area contributed by atoms with Crippen LogP contribution in [0.3, 0.4) is 0 Å². The van der Waals surface area contributed by atoms with Crippen molar-refractivity contribution in [3.05, 3.63) is 62.6 Å². The van der Waals surface area contributed by atoms with Crippen LogP contribution >= 0.6 is 27.5 Å². The maximum atomic E-state index is 6.15. The van der Waals surface area contributed by atoms with E-state index in [-0.39, 0.29) is 6.04 Å². The molecule has 0 aromatic heterocycles. The molecule has 2 rings (SSSR count). The number of aryl methyl sites for hydroxylation is 1. The molecule has 112 valence electrons. The molecule has 0 bridgehead atoms. The summed E-state index contributed by atoms with van der Waals surface area (Å²) in [5, 5.41) is 4.11. The van der Waals surface area contributed by atoms with Gasteiger partial charge in [0.05, 0.1) is 17.1 Å². The van der Waals surface area contributed by atoms with E-state index in [0.717, 1.165) is 20.8 Å². The topological polar surface area (TPSA) is 21.3 Å². The first kappa shape index (κ1) is 16.3. The lowest BCUT2D eigenvalue weighted by Crippen LogP contribution is -2.18. The molecule has 1 unspecified atom stereocenters. The quantitative estimate of drug-likeness (QED) is 0.791. The van der Waals surface area contributed by atoms with Gasteiger partial charge in [-0.15, -0.1) is 0 Å².